The molecular weight excluding hydrogens is 264 g/mol. The number of pyridine rings is 1. The third-order valence-corrected chi connectivity index (χ3v) is 3.96. The lowest BCUT2D eigenvalue weighted by molar-refractivity contribution is 0.588. The third kappa shape index (κ3) is 5.35. The highest BCUT2D eigenvalue weighted by Crippen LogP contribution is 2.20. The molecule has 2 aromatic rings. The van der Waals surface area contributed by atoms with Gasteiger partial charge in [0.1, 0.15) is 0 Å². The van der Waals surface area contributed by atoms with Crippen LogP contribution in [0.1, 0.15) is 25.1 Å². The van der Waals surface area contributed by atoms with Gasteiger partial charge in [-0.2, -0.15) is 0 Å². The lowest BCUT2D eigenvalue weighted by Gasteiger charge is -2.09. The van der Waals surface area contributed by atoms with E-state index in [1.165, 1.54) is 10.5 Å². The highest BCUT2D eigenvalue weighted by Gasteiger charge is 1.99. The second-order valence-electron chi connectivity index (χ2n) is 5.10. The third-order valence-electron chi connectivity index (χ3n) is 2.97. The Bertz CT molecular complexity index is 511. The lowest BCUT2D eigenvalue weighted by Crippen LogP contribution is -2.21. The van der Waals surface area contributed by atoms with Crippen LogP contribution in [0.25, 0.3) is 0 Å². The van der Waals surface area contributed by atoms with Gasteiger partial charge in [-0.15, -0.1) is 11.8 Å². The van der Waals surface area contributed by atoms with Crippen LogP contribution < -0.4 is 5.32 Å². The van der Waals surface area contributed by atoms with Crippen LogP contribution in [0.4, 0.5) is 0 Å². The Kier molecular flexibility index (Phi) is 6.09. The molecule has 0 fully saturated rings. The van der Waals surface area contributed by atoms with Crippen molar-refractivity contribution in [3.63, 3.8) is 0 Å². The normalized spacial score (nSPS) is 10.9. The molecular formula is C17H22N2S. The van der Waals surface area contributed by atoms with E-state index in [9.17, 15) is 0 Å². The van der Waals surface area contributed by atoms with Gasteiger partial charge in [-0.3, -0.25) is 4.98 Å². The average Bonchev–Trinajstić information content (AvgIpc) is 2.47. The molecule has 106 valence electrons. The van der Waals surface area contributed by atoms with Crippen molar-refractivity contribution in [1.29, 1.82) is 0 Å². The van der Waals surface area contributed by atoms with E-state index in [2.05, 4.69) is 54.5 Å². The quantitative estimate of drug-likeness (QED) is 0.781. The van der Waals surface area contributed by atoms with E-state index >= 15 is 0 Å². The number of nitrogens with one attached hydrogen (secondary N) is 1. The van der Waals surface area contributed by atoms with Crippen LogP contribution in [-0.2, 0) is 13.0 Å². The Morgan fingerprint density at radius 1 is 1.15 bits per heavy atom. The fraction of sp³-hybridized carbons (Fsp3) is 0.353. The van der Waals surface area contributed by atoms with Gasteiger partial charge in [-0.1, -0.05) is 32.0 Å². The van der Waals surface area contributed by atoms with Gasteiger partial charge in [0.05, 0.1) is 0 Å². The number of thioether (sulfide) groups is 1. The Labute approximate surface area is 126 Å². The molecule has 0 saturated heterocycles. The molecule has 2 rings (SSSR count). The topological polar surface area (TPSA) is 24.9 Å². The number of hydrogen-bond acceptors (Lipinski definition) is 3. The summed E-state index contributed by atoms with van der Waals surface area (Å²) in [6, 6.07) is 15.4. The van der Waals surface area contributed by atoms with Crippen LogP contribution in [0.5, 0.6) is 0 Å². The van der Waals surface area contributed by atoms with Crippen LogP contribution in [-0.4, -0.2) is 16.8 Å². The molecule has 1 aromatic heterocycles. The van der Waals surface area contributed by atoms with Gasteiger partial charge < -0.3 is 5.32 Å². The molecule has 0 aliphatic rings. The van der Waals surface area contributed by atoms with Crippen LogP contribution >= 0.6 is 11.8 Å². The minimum atomic E-state index is 0.524. The molecule has 0 amide bonds. The number of nitrogens with zero attached hydrogens (tertiary/aromatic N) is 1. The summed E-state index contributed by atoms with van der Waals surface area (Å²) in [6.07, 6.45) is 2.87. The summed E-state index contributed by atoms with van der Waals surface area (Å²) in [6.45, 7) is 5.28. The molecule has 2 nitrogen and oxygen atoms in total. The molecule has 20 heavy (non-hydrogen) atoms. The summed E-state index contributed by atoms with van der Waals surface area (Å²) in [7, 11) is 0. The number of benzene rings is 1. The van der Waals surface area contributed by atoms with E-state index in [-0.39, 0.29) is 0 Å². The minimum absolute atomic E-state index is 0.524. The minimum Gasteiger partial charge on any atom is -0.310 e. The summed E-state index contributed by atoms with van der Waals surface area (Å²) < 4.78 is 0. The first-order valence-corrected chi connectivity index (χ1v) is 8.07. The second kappa shape index (κ2) is 8.08. The Hall–Kier alpha value is -1.32. The molecule has 0 unspecified atom stereocenters. The fourth-order valence-electron chi connectivity index (χ4n) is 1.89. The zero-order valence-electron chi connectivity index (χ0n) is 12.2. The summed E-state index contributed by atoms with van der Waals surface area (Å²) >= 11 is 1.90. The number of aromatic nitrogens is 1. The summed E-state index contributed by atoms with van der Waals surface area (Å²) in [5, 5.41) is 3.45. The molecule has 0 spiro atoms. The van der Waals surface area contributed by atoms with Crippen LogP contribution in [0, 0.1) is 0 Å². The second-order valence-corrected chi connectivity index (χ2v) is 6.27. The molecule has 1 aromatic carbocycles. The van der Waals surface area contributed by atoms with Crippen molar-refractivity contribution in [2.24, 2.45) is 0 Å². The van der Waals surface area contributed by atoms with E-state index in [1.807, 2.05) is 30.1 Å². The lowest BCUT2D eigenvalue weighted by atomic mass is 10.2. The molecule has 1 heterocycles. The Morgan fingerprint density at radius 3 is 2.80 bits per heavy atom. The van der Waals surface area contributed by atoms with Gasteiger partial charge in [0.25, 0.3) is 0 Å². The Morgan fingerprint density at radius 2 is 2.05 bits per heavy atom. The molecule has 0 radical (unpaired) electrons. The number of hydrogen-bond donors (Lipinski definition) is 1. The van der Waals surface area contributed by atoms with Gasteiger partial charge in [-0.25, -0.2) is 0 Å². The number of aryl methyl sites for hydroxylation is 1. The zero-order chi connectivity index (χ0) is 14.2. The van der Waals surface area contributed by atoms with Crippen LogP contribution in [0.2, 0.25) is 0 Å². The van der Waals surface area contributed by atoms with Crippen molar-refractivity contribution < 1.29 is 0 Å². The van der Waals surface area contributed by atoms with Crippen LogP contribution in [0.3, 0.4) is 0 Å². The van der Waals surface area contributed by atoms with Crippen molar-refractivity contribution >= 4 is 11.8 Å². The largest absolute Gasteiger partial charge is 0.310 e. The van der Waals surface area contributed by atoms with Crippen molar-refractivity contribution in [2.45, 2.75) is 37.8 Å². The molecule has 0 aliphatic heterocycles. The highest BCUT2D eigenvalue weighted by molar-refractivity contribution is 7.99. The number of rotatable bonds is 7. The maximum absolute atomic E-state index is 4.35. The first kappa shape index (κ1) is 15.1. The first-order chi connectivity index (χ1) is 9.74. The van der Waals surface area contributed by atoms with E-state index in [1.54, 1.807) is 0 Å². The predicted octanol–water partition coefficient (Wildman–Crippen LogP) is 3.91. The van der Waals surface area contributed by atoms with Crippen molar-refractivity contribution in [3.8, 4) is 0 Å². The van der Waals surface area contributed by atoms with E-state index < -0.39 is 0 Å². The SMILES string of the molecule is CC(C)NCc1cccc(SCCc2ccccn2)c1. The van der Waals surface area contributed by atoms with E-state index in [0.29, 0.717) is 6.04 Å². The summed E-state index contributed by atoms with van der Waals surface area (Å²) in [5.41, 5.74) is 2.51. The molecule has 0 saturated carbocycles. The van der Waals surface area contributed by atoms with Gasteiger partial charge in [0, 0.05) is 35.1 Å². The Balaban J connectivity index is 1.82. The molecule has 0 aliphatic carbocycles. The maximum Gasteiger partial charge on any atom is 0.0411 e. The van der Waals surface area contributed by atoms with Gasteiger partial charge >= 0.3 is 0 Å². The summed E-state index contributed by atoms with van der Waals surface area (Å²) in [5.74, 6) is 1.07. The zero-order valence-corrected chi connectivity index (χ0v) is 13.0. The smallest absolute Gasteiger partial charge is 0.0411 e. The highest BCUT2D eigenvalue weighted by atomic mass is 32.2. The fourth-order valence-corrected chi connectivity index (χ4v) is 2.84. The summed E-state index contributed by atoms with van der Waals surface area (Å²) in [4.78, 5) is 5.69. The van der Waals surface area contributed by atoms with Crippen molar-refractivity contribution in [2.75, 3.05) is 5.75 Å². The predicted molar refractivity (Wildman–Crippen MR) is 87.1 cm³/mol. The maximum atomic E-state index is 4.35. The van der Waals surface area contributed by atoms with Gasteiger partial charge in [-0.05, 0) is 36.2 Å². The molecule has 0 bridgehead atoms. The first-order valence-electron chi connectivity index (χ1n) is 7.09. The van der Waals surface area contributed by atoms with Crippen LogP contribution in [0.15, 0.2) is 53.6 Å². The molecule has 0 atom stereocenters. The monoisotopic (exact) mass is 286 g/mol. The van der Waals surface area contributed by atoms with E-state index in [0.717, 1.165) is 24.4 Å². The molecule has 1 N–H and O–H groups in total. The van der Waals surface area contributed by atoms with Gasteiger partial charge in [0.15, 0.2) is 0 Å². The van der Waals surface area contributed by atoms with E-state index in [4.69, 9.17) is 0 Å². The van der Waals surface area contributed by atoms with Crippen molar-refractivity contribution in [3.05, 3.63) is 59.9 Å². The average molecular weight is 286 g/mol. The van der Waals surface area contributed by atoms with Crippen molar-refractivity contribution in [1.82, 2.24) is 10.3 Å². The molecule has 3 heteroatoms. The van der Waals surface area contributed by atoms with Gasteiger partial charge in [0.2, 0.25) is 0 Å². The standard InChI is InChI=1S/C17H22N2S/c1-14(2)19-13-15-6-5-8-17(12-15)20-11-9-16-7-3-4-10-18-16/h3-8,10,12,14,19H,9,11,13H2,1-2H3.